The Morgan fingerprint density at radius 1 is 1.13 bits per heavy atom. The van der Waals surface area contributed by atoms with Crippen LogP contribution in [0.4, 0.5) is 10.5 Å². The summed E-state index contributed by atoms with van der Waals surface area (Å²) in [5, 5.41) is 7.37. The summed E-state index contributed by atoms with van der Waals surface area (Å²) in [4.78, 5) is 35.2. The van der Waals surface area contributed by atoms with Crippen molar-refractivity contribution in [3.63, 3.8) is 0 Å². The third-order valence-electron chi connectivity index (χ3n) is 4.05. The van der Waals surface area contributed by atoms with Gasteiger partial charge in [0.1, 0.15) is 5.70 Å². The van der Waals surface area contributed by atoms with Gasteiger partial charge in [0, 0.05) is 5.69 Å². The van der Waals surface area contributed by atoms with Crippen molar-refractivity contribution in [1.29, 1.82) is 0 Å². The number of anilines is 1. The zero-order valence-corrected chi connectivity index (χ0v) is 18.5. The molecule has 0 unspecified atom stereocenters. The normalized spacial score (nSPS) is 14.3. The summed E-state index contributed by atoms with van der Waals surface area (Å²) < 4.78 is 12.1. The average molecular weight is 521 g/mol. The molecule has 0 bridgehead atoms. The van der Waals surface area contributed by atoms with Gasteiger partial charge in [0.25, 0.3) is 11.8 Å². The molecule has 0 aliphatic carbocycles. The quantitative estimate of drug-likeness (QED) is 0.295. The highest BCUT2D eigenvalue weighted by molar-refractivity contribution is 14.1. The summed E-state index contributed by atoms with van der Waals surface area (Å²) in [7, 11) is 0. The number of halogens is 1. The maximum Gasteiger partial charge on any atom is 0.326 e. The number of hydrogen-bond donors (Lipinski definition) is 3. The Kier molecular flexibility index (Phi) is 6.93. The minimum Gasteiger partial charge on any atom is -0.490 e. The van der Waals surface area contributed by atoms with E-state index in [1.54, 1.807) is 18.2 Å². The minimum atomic E-state index is -0.564. The van der Waals surface area contributed by atoms with Crippen LogP contribution in [0.5, 0.6) is 11.5 Å². The molecule has 1 heterocycles. The van der Waals surface area contributed by atoms with Gasteiger partial charge in [-0.2, -0.15) is 0 Å². The van der Waals surface area contributed by atoms with Gasteiger partial charge < -0.3 is 20.1 Å². The van der Waals surface area contributed by atoms with E-state index in [4.69, 9.17) is 9.47 Å². The number of imide groups is 1. The van der Waals surface area contributed by atoms with Crippen LogP contribution in [0.3, 0.4) is 0 Å². The van der Waals surface area contributed by atoms with Crippen molar-refractivity contribution >= 4 is 52.2 Å². The SMILES string of the molecule is CCOc1cc(/C=C2/NC(=O)NC2=O)cc(I)c1OCC(=O)Nc1ccc(C)cc1. The minimum absolute atomic E-state index is 0.143. The number of carbonyl (C=O) groups is 3. The number of aryl methyl sites for hydroxylation is 1. The molecule has 0 radical (unpaired) electrons. The lowest BCUT2D eigenvalue weighted by atomic mass is 10.1. The predicted octanol–water partition coefficient (Wildman–Crippen LogP) is 3.20. The summed E-state index contributed by atoms with van der Waals surface area (Å²) in [6, 6.07) is 10.3. The number of benzene rings is 2. The van der Waals surface area contributed by atoms with Gasteiger partial charge in [-0.05, 0) is 72.3 Å². The Hall–Kier alpha value is -3.08. The second-order valence-electron chi connectivity index (χ2n) is 6.43. The lowest BCUT2D eigenvalue weighted by Gasteiger charge is -2.15. The molecule has 3 rings (SSSR count). The number of amides is 4. The first-order valence-electron chi connectivity index (χ1n) is 9.15. The molecule has 1 aliphatic heterocycles. The van der Waals surface area contributed by atoms with Gasteiger partial charge >= 0.3 is 6.03 Å². The Morgan fingerprint density at radius 2 is 1.87 bits per heavy atom. The van der Waals surface area contributed by atoms with Crippen LogP contribution in [-0.4, -0.2) is 31.1 Å². The van der Waals surface area contributed by atoms with Gasteiger partial charge in [0.15, 0.2) is 18.1 Å². The Morgan fingerprint density at radius 3 is 2.50 bits per heavy atom. The third kappa shape index (κ3) is 5.50. The molecule has 0 atom stereocenters. The van der Waals surface area contributed by atoms with E-state index in [1.165, 1.54) is 0 Å². The largest absolute Gasteiger partial charge is 0.490 e. The van der Waals surface area contributed by atoms with E-state index >= 15 is 0 Å². The topological polar surface area (TPSA) is 106 Å². The zero-order valence-electron chi connectivity index (χ0n) is 16.4. The van der Waals surface area contributed by atoms with Crippen LogP contribution < -0.4 is 25.4 Å². The maximum atomic E-state index is 12.2. The Balaban J connectivity index is 1.74. The highest BCUT2D eigenvalue weighted by atomic mass is 127. The van der Waals surface area contributed by atoms with Crippen molar-refractivity contribution < 1.29 is 23.9 Å². The van der Waals surface area contributed by atoms with Crippen LogP contribution in [0.1, 0.15) is 18.1 Å². The smallest absolute Gasteiger partial charge is 0.326 e. The van der Waals surface area contributed by atoms with E-state index in [0.717, 1.165) is 5.56 Å². The van der Waals surface area contributed by atoms with E-state index < -0.39 is 11.9 Å². The second-order valence-corrected chi connectivity index (χ2v) is 7.59. The summed E-state index contributed by atoms with van der Waals surface area (Å²) in [5.74, 6) is 0.0670. The molecule has 0 spiro atoms. The van der Waals surface area contributed by atoms with E-state index in [1.807, 2.05) is 38.1 Å². The van der Waals surface area contributed by atoms with Crippen LogP contribution in [0, 0.1) is 10.5 Å². The molecule has 1 aliphatic rings. The van der Waals surface area contributed by atoms with Gasteiger partial charge in [0.2, 0.25) is 0 Å². The van der Waals surface area contributed by atoms with Crippen molar-refractivity contribution in [3.05, 3.63) is 56.8 Å². The summed E-state index contributed by atoms with van der Waals surface area (Å²) in [5.41, 5.74) is 2.58. The molecule has 2 aromatic rings. The molecule has 9 heteroatoms. The monoisotopic (exact) mass is 521 g/mol. The fourth-order valence-corrected chi connectivity index (χ4v) is 3.48. The zero-order chi connectivity index (χ0) is 21.7. The highest BCUT2D eigenvalue weighted by Crippen LogP contribution is 2.35. The molecule has 1 saturated heterocycles. The van der Waals surface area contributed by atoms with Crippen LogP contribution in [0.15, 0.2) is 42.1 Å². The fraction of sp³-hybridized carbons (Fsp3) is 0.190. The van der Waals surface area contributed by atoms with Crippen LogP contribution in [-0.2, 0) is 9.59 Å². The number of carbonyl (C=O) groups excluding carboxylic acids is 3. The van der Waals surface area contributed by atoms with E-state index in [9.17, 15) is 14.4 Å². The number of nitrogens with one attached hydrogen (secondary N) is 3. The van der Waals surface area contributed by atoms with Crippen LogP contribution in [0.25, 0.3) is 6.08 Å². The lowest BCUT2D eigenvalue weighted by Crippen LogP contribution is -2.22. The summed E-state index contributed by atoms with van der Waals surface area (Å²) in [6.07, 6.45) is 1.54. The molecule has 156 valence electrons. The maximum absolute atomic E-state index is 12.2. The standard InChI is InChI=1S/C21H20IN3O5/c1-3-29-17-10-13(9-16-20(27)25-21(28)24-16)8-15(22)19(17)30-11-18(26)23-14-6-4-12(2)5-7-14/h4-10H,3,11H2,1-2H3,(H,23,26)(H2,24,25,27,28)/b16-9+. The Labute approximate surface area is 187 Å². The van der Waals surface area contributed by atoms with E-state index in [-0.39, 0.29) is 18.2 Å². The van der Waals surface area contributed by atoms with E-state index in [2.05, 4.69) is 38.5 Å². The van der Waals surface area contributed by atoms with Crippen molar-refractivity contribution in [3.8, 4) is 11.5 Å². The lowest BCUT2D eigenvalue weighted by molar-refractivity contribution is -0.118. The predicted molar refractivity (Wildman–Crippen MR) is 120 cm³/mol. The van der Waals surface area contributed by atoms with Crippen molar-refractivity contribution in [2.45, 2.75) is 13.8 Å². The van der Waals surface area contributed by atoms with E-state index in [0.29, 0.717) is 32.9 Å². The molecule has 0 aromatic heterocycles. The Bertz CT molecular complexity index is 1020. The average Bonchev–Trinajstić information content (AvgIpc) is 3.00. The molecular formula is C21H20IN3O5. The number of urea groups is 1. The molecule has 8 nitrogen and oxygen atoms in total. The van der Waals surface area contributed by atoms with Gasteiger partial charge in [-0.1, -0.05) is 17.7 Å². The highest BCUT2D eigenvalue weighted by Gasteiger charge is 2.23. The molecule has 2 aromatic carbocycles. The van der Waals surface area contributed by atoms with Gasteiger partial charge in [-0.25, -0.2) is 4.79 Å². The van der Waals surface area contributed by atoms with Crippen LogP contribution in [0.2, 0.25) is 0 Å². The van der Waals surface area contributed by atoms with Crippen LogP contribution >= 0.6 is 22.6 Å². The molecule has 4 amide bonds. The number of hydrogen-bond acceptors (Lipinski definition) is 5. The number of ether oxygens (including phenoxy) is 2. The first-order valence-corrected chi connectivity index (χ1v) is 10.2. The molecule has 0 saturated carbocycles. The molecular weight excluding hydrogens is 501 g/mol. The van der Waals surface area contributed by atoms with Gasteiger partial charge in [-0.3, -0.25) is 14.9 Å². The summed E-state index contributed by atoms with van der Waals surface area (Å²) in [6.45, 7) is 4.00. The number of rotatable bonds is 7. The van der Waals surface area contributed by atoms with Crippen molar-refractivity contribution in [2.75, 3.05) is 18.5 Å². The summed E-state index contributed by atoms with van der Waals surface area (Å²) >= 11 is 2.07. The second kappa shape index (κ2) is 9.61. The van der Waals surface area contributed by atoms with Crippen molar-refractivity contribution in [2.24, 2.45) is 0 Å². The molecule has 30 heavy (non-hydrogen) atoms. The fourth-order valence-electron chi connectivity index (χ4n) is 2.70. The van der Waals surface area contributed by atoms with Gasteiger partial charge in [-0.15, -0.1) is 0 Å². The molecule has 3 N–H and O–H groups in total. The first-order chi connectivity index (χ1) is 14.4. The molecule has 1 fully saturated rings. The third-order valence-corrected chi connectivity index (χ3v) is 4.85. The van der Waals surface area contributed by atoms with Crippen molar-refractivity contribution in [1.82, 2.24) is 10.6 Å². The first kappa shape index (κ1) is 21.6. The van der Waals surface area contributed by atoms with Gasteiger partial charge in [0.05, 0.1) is 10.2 Å².